The van der Waals surface area contributed by atoms with Gasteiger partial charge >= 0.3 is 0 Å². The van der Waals surface area contributed by atoms with Gasteiger partial charge in [-0.3, -0.25) is 0 Å². The van der Waals surface area contributed by atoms with E-state index in [0.717, 1.165) is 37.6 Å². The lowest BCUT2D eigenvalue weighted by Gasteiger charge is -2.23. The van der Waals surface area contributed by atoms with Crippen molar-refractivity contribution in [1.82, 2.24) is 0 Å². The summed E-state index contributed by atoms with van der Waals surface area (Å²) in [6.07, 6.45) is 0.993. The minimum atomic E-state index is 0.732. The first kappa shape index (κ1) is 14.3. The van der Waals surface area contributed by atoms with Crippen LogP contribution in [0.2, 0.25) is 0 Å². The molecule has 0 aliphatic carbocycles. The molecule has 0 saturated heterocycles. The van der Waals surface area contributed by atoms with E-state index in [1.54, 1.807) is 0 Å². The summed E-state index contributed by atoms with van der Waals surface area (Å²) in [4.78, 5) is 2.33. The van der Waals surface area contributed by atoms with Crippen LogP contribution in [-0.4, -0.2) is 19.7 Å². The largest absolute Gasteiger partial charge is 0.494 e. The summed E-state index contributed by atoms with van der Waals surface area (Å²) in [7, 11) is 0. The number of nitrogens with two attached hydrogens (primary N) is 1. The highest BCUT2D eigenvalue weighted by molar-refractivity contribution is 5.52. The molecular formula is C17H22N2O. The lowest BCUT2D eigenvalue weighted by Crippen LogP contribution is -2.25. The fraction of sp³-hybridized carbons (Fsp3) is 0.294. The molecule has 106 valence electrons. The highest BCUT2D eigenvalue weighted by atomic mass is 16.5. The van der Waals surface area contributed by atoms with Crippen LogP contribution in [0.4, 0.5) is 11.4 Å². The first-order valence-corrected chi connectivity index (χ1v) is 7.08. The van der Waals surface area contributed by atoms with Crippen molar-refractivity contribution < 1.29 is 4.74 Å². The summed E-state index contributed by atoms with van der Waals surface area (Å²) in [5.41, 5.74) is 7.73. The minimum Gasteiger partial charge on any atom is -0.494 e. The van der Waals surface area contributed by atoms with Gasteiger partial charge in [0, 0.05) is 24.5 Å². The van der Waals surface area contributed by atoms with Crippen LogP contribution >= 0.6 is 0 Å². The van der Waals surface area contributed by atoms with Gasteiger partial charge in [0.05, 0.1) is 6.61 Å². The maximum absolute atomic E-state index is 5.72. The third-order valence-electron chi connectivity index (χ3n) is 3.22. The van der Waals surface area contributed by atoms with Gasteiger partial charge in [0.1, 0.15) is 5.75 Å². The van der Waals surface area contributed by atoms with Crippen molar-refractivity contribution in [1.29, 1.82) is 0 Å². The van der Waals surface area contributed by atoms with E-state index < -0.39 is 0 Å². The maximum atomic E-state index is 5.72. The molecule has 0 bridgehead atoms. The molecule has 0 unspecified atom stereocenters. The van der Waals surface area contributed by atoms with Crippen molar-refractivity contribution in [2.45, 2.75) is 13.3 Å². The molecule has 3 nitrogen and oxygen atoms in total. The summed E-state index contributed by atoms with van der Waals surface area (Å²) in [6.45, 7) is 4.85. The van der Waals surface area contributed by atoms with E-state index >= 15 is 0 Å². The zero-order valence-corrected chi connectivity index (χ0v) is 12.0. The Kier molecular flexibility index (Phi) is 5.30. The lowest BCUT2D eigenvalue weighted by molar-refractivity contribution is 0.312. The first-order chi connectivity index (χ1) is 9.79. The van der Waals surface area contributed by atoms with Crippen molar-refractivity contribution in [3.05, 3.63) is 54.6 Å². The quantitative estimate of drug-likeness (QED) is 0.617. The number of ether oxygens (including phenoxy) is 1. The monoisotopic (exact) mass is 270 g/mol. The Bertz CT molecular complexity index is 496. The normalized spacial score (nSPS) is 10.2. The molecule has 0 atom stereocenters. The maximum Gasteiger partial charge on any atom is 0.119 e. The van der Waals surface area contributed by atoms with Crippen LogP contribution in [0.1, 0.15) is 13.3 Å². The van der Waals surface area contributed by atoms with E-state index in [9.17, 15) is 0 Å². The van der Waals surface area contributed by atoms with Crippen molar-refractivity contribution in [2.24, 2.45) is 0 Å². The van der Waals surface area contributed by atoms with Gasteiger partial charge in [-0.15, -0.1) is 0 Å². The molecule has 2 aromatic rings. The van der Waals surface area contributed by atoms with Crippen LogP contribution < -0.4 is 15.4 Å². The zero-order chi connectivity index (χ0) is 14.2. The van der Waals surface area contributed by atoms with Crippen molar-refractivity contribution >= 4 is 11.4 Å². The molecule has 3 heteroatoms. The molecular weight excluding hydrogens is 248 g/mol. The number of nitrogen functional groups attached to an aromatic ring is 1. The SMILES string of the molecule is CCN(CCCOc1ccccc1)c1ccc(N)cc1. The Labute approximate surface area is 121 Å². The molecule has 0 saturated carbocycles. The second-order valence-corrected chi connectivity index (χ2v) is 4.69. The minimum absolute atomic E-state index is 0.732. The average Bonchev–Trinajstić information content (AvgIpc) is 2.50. The number of para-hydroxylation sites is 1. The van der Waals surface area contributed by atoms with Gasteiger partial charge < -0.3 is 15.4 Å². The second-order valence-electron chi connectivity index (χ2n) is 4.69. The number of benzene rings is 2. The van der Waals surface area contributed by atoms with Gasteiger partial charge in [-0.25, -0.2) is 0 Å². The van der Waals surface area contributed by atoms with E-state index in [2.05, 4.69) is 24.0 Å². The number of nitrogens with zero attached hydrogens (tertiary/aromatic N) is 1. The summed E-state index contributed by atoms with van der Waals surface area (Å²) in [5.74, 6) is 0.933. The standard InChI is InChI=1S/C17H22N2O/c1-2-19(16-11-9-15(18)10-12-16)13-6-14-20-17-7-4-3-5-8-17/h3-5,7-12H,2,6,13-14,18H2,1H3. The summed E-state index contributed by atoms with van der Waals surface area (Å²) in [6, 6.07) is 18.0. The average molecular weight is 270 g/mol. The molecule has 2 N–H and O–H groups in total. The van der Waals surface area contributed by atoms with Gasteiger partial charge in [0.25, 0.3) is 0 Å². The molecule has 0 aliphatic rings. The van der Waals surface area contributed by atoms with Gasteiger partial charge in [-0.2, -0.15) is 0 Å². The molecule has 0 aliphatic heterocycles. The van der Waals surface area contributed by atoms with Crippen LogP contribution in [0.3, 0.4) is 0 Å². The predicted molar refractivity (Wildman–Crippen MR) is 85.3 cm³/mol. The molecule has 0 heterocycles. The van der Waals surface area contributed by atoms with E-state index in [0.29, 0.717) is 0 Å². The summed E-state index contributed by atoms with van der Waals surface area (Å²) in [5, 5.41) is 0. The molecule has 0 aromatic heterocycles. The van der Waals surface area contributed by atoms with Crippen molar-refractivity contribution in [3.63, 3.8) is 0 Å². The highest BCUT2D eigenvalue weighted by Crippen LogP contribution is 2.16. The van der Waals surface area contributed by atoms with Crippen LogP contribution in [0.5, 0.6) is 5.75 Å². The Hall–Kier alpha value is -2.16. The van der Waals surface area contributed by atoms with Crippen LogP contribution in [-0.2, 0) is 0 Å². The Balaban J connectivity index is 1.78. The third-order valence-corrected chi connectivity index (χ3v) is 3.22. The summed E-state index contributed by atoms with van der Waals surface area (Å²) >= 11 is 0. The number of rotatable bonds is 7. The number of hydrogen-bond acceptors (Lipinski definition) is 3. The van der Waals surface area contributed by atoms with Crippen molar-refractivity contribution in [3.8, 4) is 5.75 Å². The molecule has 20 heavy (non-hydrogen) atoms. The van der Waals surface area contributed by atoms with Crippen molar-refractivity contribution in [2.75, 3.05) is 30.3 Å². The fourth-order valence-electron chi connectivity index (χ4n) is 2.12. The van der Waals surface area contributed by atoms with E-state index in [1.807, 2.05) is 42.5 Å². The molecule has 2 aromatic carbocycles. The number of hydrogen-bond donors (Lipinski definition) is 1. The molecule has 0 radical (unpaired) electrons. The van der Waals surface area contributed by atoms with Gasteiger partial charge in [-0.05, 0) is 49.7 Å². The van der Waals surface area contributed by atoms with E-state index in [-0.39, 0.29) is 0 Å². The van der Waals surface area contributed by atoms with Gasteiger partial charge in [-0.1, -0.05) is 18.2 Å². The fourth-order valence-corrected chi connectivity index (χ4v) is 2.12. The number of anilines is 2. The predicted octanol–water partition coefficient (Wildman–Crippen LogP) is 3.56. The zero-order valence-electron chi connectivity index (χ0n) is 12.0. The topological polar surface area (TPSA) is 38.5 Å². The Morgan fingerprint density at radius 3 is 2.35 bits per heavy atom. The van der Waals surface area contributed by atoms with E-state index in [4.69, 9.17) is 10.5 Å². The Morgan fingerprint density at radius 2 is 1.70 bits per heavy atom. The van der Waals surface area contributed by atoms with Crippen LogP contribution in [0.15, 0.2) is 54.6 Å². The van der Waals surface area contributed by atoms with Gasteiger partial charge in [0.2, 0.25) is 0 Å². The molecule has 0 fully saturated rings. The smallest absolute Gasteiger partial charge is 0.119 e. The van der Waals surface area contributed by atoms with Crippen LogP contribution in [0.25, 0.3) is 0 Å². The van der Waals surface area contributed by atoms with Gasteiger partial charge in [0.15, 0.2) is 0 Å². The Morgan fingerprint density at radius 1 is 1.00 bits per heavy atom. The lowest BCUT2D eigenvalue weighted by atomic mass is 10.2. The summed E-state index contributed by atoms with van der Waals surface area (Å²) < 4.78 is 5.71. The van der Waals surface area contributed by atoms with Crippen LogP contribution in [0, 0.1) is 0 Å². The second kappa shape index (κ2) is 7.43. The molecule has 2 rings (SSSR count). The molecule has 0 amide bonds. The first-order valence-electron chi connectivity index (χ1n) is 7.08. The molecule has 0 spiro atoms. The van der Waals surface area contributed by atoms with E-state index in [1.165, 1.54) is 5.69 Å². The highest BCUT2D eigenvalue weighted by Gasteiger charge is 2.03. The third kappa shape index (κ3) is 4.19.